The maximum absolute atomic E-state index is 12.6. The summed E-state index contributed by atoms with van der Waals surface area (Å²) < 4.78 is 1.84. The first kappa shape index (κ1) is 18.3. The Bertz CT molecular complexity index is 1430. The summed E-state index contributed by atoms with van der Waals surface area (Å²) in [7, 11) is 0. The van der Waals surface area contributed by atoms with E-state index in [0.29, 0.717) is 16.2 Å². The summed E-state index contributed by atoms with van der Waals surface area (Å²) in [5, 5.41) is 5.51. The molecule has 0 aliphatic carbocycles. The predicted molar refractivity (Wildman–Crippen MR) is 120 cm³/mol. The maximum atomic E-state index is 12.6. The molecule has 0 saturated heterocycles. The van der Waals surface area contributed by atoms with E-state index in [1.54, 1.807) is 12.3 Å². The van der Waals surface area contributed by atoms with Gasteiger partial charge >= 0.3 is 0 Å². The molecule has 30 heavy (non-hydrogen) atoms. The summed E-state index contributed by atoms with van der Waals surface area (Å²) in [5.74, 6) is -0.258. The van der Waals surface area contributed by atoms with Crippen molar-refractivity contribution in [1.29, 1.82) is 0 Å². The van der Waals surface area contributed by atoms with E-state index >= 15 is 0 Å². The highest BCUT2D eigenvalue weighted by Gasteiger charge is 2.16. The van der Waals surface area contributed by atoms with E-state index in [1.807, 2.05) is 71.3 Å². The molecule has 0 fully saturated rings. The minimum Gasteiger partial charge on any atom is -0.314 e. The lowest BCUT2D eigenvalue weighted by Crippen LogP contribution is -2.23. The van der Waals surface area contributed by atoms with E-state index < -0.39 is 0 Å². The first-order chi connectivity index (χ1) is 14.7. The number of fused-ring (bicyclic) bond motifs is 4. The Morgan fingerprint density at radius 1 is 1.00 bits per heavy atom. The van der Waals surface area contributed by atoms with Crippen LogP contribution in [0.3, 0.4) is 0 Å². The highest BCUT2D eigenvalue weighted by atomic mass is 35.5. The number of rotatable bonds is 4. The van der Waals surface area contributed by atoms with Gasteiger partial charge in [-0.15, -0.1) is 0 Å². The third kappa shape index (κ3) is 3.38. The summed E-state index contributed by atoms with van der Waals surface area (Å²) in [6, 6.07) is 22.8. The maximum Gasteiger partial charge on any atom is 0.260 e. The molecular weight excluding hydrogens is 398 g/mol. The van der Waals surface area contributed by atoms with Crippen LogP contribution in [0.2, 0.25) is 5.02 Å². The summed E-state index contributed by atoms with van der Waals surface area (Å²) in [5.41, 5.74) is 7.23. The van der Waals surface area contributed by atoms with Crippen molar-refractivity contribution in [2.75, 3.05) is 0 Å². The van der Waals surface area contributed by atoms with Crippen LogP contribution in [0.4, 0.5) is 0 Å². The third-order valence-electron chi connectivity index (χ3n) is 4.82. The quantitative estimate of drug-likeness (QED) is 0.347. The van der Waals surface area contributed by atoms with Crippen LogP contribution in [0.5, 0.6) is 0 Å². The average molecular weight is 414 g/mol. The van der Waals surface area contributed by atoms with Crippen molar-refractivity contribution in [2.45, 2.75) is 6.54 Å². The molecule has 0 unspecified atom stereocenters. The molecule has 5 rings (SSSR count). The topological polar surface area (TPSA) is 72.2 Å². The van der Waals surface area contributed by atoms with Gasteiger partial charge in [-0.1, -0.05) is 54.1 Å². The minimum atomic E-state index is -0.258. The largest absolute Gasteiger partial charge is 0.314 e. The first-order valence-corrected chi connectivity index (χ1v) is 9.78. The number of carbonyl (C=O) groups excluding carboxylic acids is 1. The van der Waals surface area contributed by atoms with Gasteiger partial charge in [-0.25, -0.2) is 15.4 Å². The zero-order valence-corrected chi connectivity index (χ0v) is 16.5. The normalized spacial score (nSPS) is 11.6. The Morgan fingerprint density at radius 2 is 1.73 bits per heavy atom. The lowest BCUT2D eigenvalue weighted by molar-refractivity contribution is -0.121. The molecule has 146 valence electrons. The molecule has 0 aliphatic heterocycles. The molecule has 5 aromatic rings. The van der Waals surface area contributed by atoms with Crippen LogP contribution in [-0.2, 0) is 11.3 Å². The SMILES string of the molecule is O=C(Cn1c2ccc(Cl)cc2c2nc3ccccc3nc21)N/N=C/c1ccccc1. The van der Waals surface area contributed by atoms with Crippen LogP contribution in [0.25, 0.3) is 33.1 Å². The number of aromatic nitrogens is 3. The number of carbonyl (C=O) groups is 1. The second kappa shape index (κ2) is 7.57. The van der Waals surface area contributed by atoms with Crippen molar-refractivity contribution in [3.63, 3.8) is 0 Å². The second-order valence-corrected chi connectivity index (χ2v) is 7.27. The van der Waals surface area contributed by atoms with Crippen molar-refractivity contribution < 1.29 is 4.79 Å². The van der Waals surface area contributed by atoms with Crippen LogP contribution >= 0.6 is 11.6 Å². The van der Waals surface area contributed by atoms with E-state index in [1.165, 1.54) is 0 Å². The number of hydrazone groups is 1. The highest BCUT2D eigenvalue weighted by Crippen LogP contribution is 2.30. The Morgan fingerprint density at radius 3 is 2.53 bits per heavy atom. The number of nitrogens with one attached hydrogen (secondary N) is 1. The molecule has 0 bridgehead atoms. The van der Waals surface area contributed by atoms with Crippen LogP contribution in [-0.4, -0.2) is 26.7 Å². The number of hydrogen-bond donors (Lipinski definition) is 1. The Kier molecular flexibility index (Phi) is 4.61. The zero-order chi connectivity index (χ0) is 20.5. The average Bonchev–Trinajstić information content (AvgIpc) is 3.05. The van der Waals surface area contributed by atoms with Crippen LogP contribution in [0.15, 0.2) is 77.9 Å². The van der Waals surface area contributed by atoms with Gasteiger partial charge in [0.1, 0.15) is 12.1 Å². The Labute approximate surface area is 176 Å². The van der Waals surface area contributed by atoms with E-state index in [4.69, 9.17) is 21.6 Å². The number of nitrogens with zero attached hydrogens (tertiary/aromatic N) is 4. The molecule has 0 atom stereocenters. The zero-order valence-electron chi connectivity index (χ0n) is 15.8. The van der Waals surface area contributed by atoms with Gasteiger partial charge in [0.25, 0.3) is 5.91 Å². The van der Waals surface area contributed by atoms with Crippen molar-refractivity contribution in [3.05, 3.63) is 83.4 Å². The molecule has 1 N–H and O–H groups in total. The molecule has 0 radical (unpaired) electrons. The number of amides is 1. The summed E-state index contributed by atoms with van der Waals surface area (Å²) in [6.07, 6.45) is 1.61. The number of para-hydroxylation sites is 2. The van der Waals surface area contributed by atoms with Crippen molar-refractivity contribution in [3.8, 4) is 0 Å². The number of benzene rings is 3. The molecule has 0 aliphatic rings. The number of hydrogen-bond acceptors (Lipinski definition) is 4. The van der Waals surface area contributed by atoms with Crippen LogP contribution < -0.4 is 5.43 Å². The van der Waals surface area contributed by atoms with Gasteiger partial charge < -0.3 is 4.57 Å². The summed E-state index contributed by atoms with van der Waals surface area (Å²) in [6.45, 7) is 0.0563. The smallest absolute Gasteiger partial charge is 0.260 e. The van der Waals surface area contributed by atoms with Gasteiger partial charge in [-0.3, -0.25) is 4.79 Å². The van der Waals surface area contributed by atoms with Crippen LogP contribution in [0.1, 0.15) is 5.56 Å². The van der Waals surface area contributed by atoms with Crippen LogP contribution in [0, 0.1) is 0 Å². The standard InChI is InChI=1S/C23H16ClN5O/c24-16-10-11-20-17(12-16)22-23(27-19-9-5-4-8-18(19)26-22)29(20)14-21(30)28-25-13-15-6-2-1-3-7-15/h1-13H,14H2,(H,28,30)/b25-13+. The van der Waals surface area contributed by atoms with Gasteiger partial charge in [-0.05, 0) is 35.9 Å². The fourth-order valence-electron chi connectivity index (χ4n) is 3.46. The predicted octanol–water partition coefficient (Wildman–Crippen LogP) is 4.54. The van der Waals surface area contributed by atoms with Gasteiger partial charge in [0.2, 0.25) is 0 Å². The fraction of sp³-hybridized carbons (Fsp3) is 0.0435. The third-order valence-corrected chi connectivity index (χ3v) is 5.05. The fourth-order valence-corrected chi connectivity index (χ4v) is 3.64. The Hall–Kier alpha value is -3.77. The second-order valence-electron chi connectivity index (χ2n) is 6.84. The minimum absolute atomic E-state index is 0.0563. The van der Waals surface area contributed by atoms with Crippen molar-refractivity contribution >= 4 is 56.8 Å². The van der Waals surface area contributed by atoms with E-state index in [-0.39, 0.29) is 12.5 Å². The molecule has 2 heterocycles. The van der Waals surface area contributed by atoms with E-state index in [9.17, 15) is 4.79 Å². The monoisotopic (exact) mass is 413 g/mol. The van der Waals surface area contributed by atoms with Gasteiger partial charge in [-0.2, -0.15) is 5.10 Å². The summed E-state index contributed by atoms with van der Waals surface area (Å²) in [4.78, 5) is 22.1. The lowest BCUT2D eigenvalue weighted by Gasteiger charge is -2.06. The molecule has 7 heteroatoms. The van der Waals surface area contributed by atoms with Gasteiger partial charge in [0.05, 0.1) is 22.8 Å². The van der Waals surface area contributed by atoms with Gasteiger partial charge in [0.15, 0.2) is 5.65 Å². The molecule has 0 spiro atoms. The molecule has 0 saturated carbocycles. The molecule has 2 aromatic heterocycles. The first-order valence-electron chi connectivity index (χ1n) is 9.40. The molecule has 1 amide bonds. The Balaban J connectivity index is 1.54. The lowest BCUT2D eigenvalue weighted by atomic mass is 10.2. The van der Waals surface area contributed by atoms with Crippen molar-refractivity contribution in [1.82, 2.24) is 20.0 Å². The molecular formula is C23H16ClN5O. The summed E-state index contributed by atoms with van der Waals surface area (Å²) >= 11 is 6.22. The van der Waals surface area contributed by atoms with Gasteiger partial charge in [0, 0.05) is 10.4 Å². The molecule has 6 nitrogen and oxygen atoms in total. The molecule has 3 aromatic carbocycles. The van der Waals surface area contributed by atoms with E-state index in [0.717, 1.165) is 27.5 Å². The number of halogens is 1. The van der Waals surface area contributed by atoms with Crippen molar-refractivity contribution in [2.24, 2.45) is 5.10 Å². The van der Waals surface area contributed by atoms with E-state index in [2.05, 4.69) is 10.5 Å². The highest BCUT2D eigenvalue weighted by molar-refractivity contribution is 6.31.